The van der Waals surface area contributed by atoms with E-state index in [4.69, 9.17) is 4.74 Å². The molecule has 2 N–H and O–H groups in total. The maximum atomic E-state index is 12.1. The van der Waals surface area contributed by atoms with Crippen LogP contribution in [0.25, 0.3) is 21.8 Å². The van der Waals surface area contributed by atoms with Crippen molar-refractivity contribution in [2.75, 3.05) is 25.1 Å². The lowest BCUT2D eigenvalue weighted by atomic mass is 10.2. The fourth-order valence-corrected chi connectivity index (χ4v) is 5.35. The van der Waals surface area contributed by atoms with Gasteiger partial charge >= 0.3 is 0 Å². The first-order valence-corrected chi connectivity index (χ1v) is 13.0. The monoisotopic (exact) mass is 515 g/mol. The number of ether oxygens (including phenoxy) is 1. The highest BCUT2D eigenvalue weighted by molar-refractivity contribution is 7.07. The Bertz CT molecular complexity index is 1550. The Morgan fingerprint density at radius 2 is 2.16 bits per heavy atom. The number of carbonyl (C=O) groups excluding carboxylic acids is 1. The molecule has 5 aromatic rings. The summed E-state index contributed by atoms with van der Waals surface area (Å²) in [5, 5.41) is 21.0. The topological polar surface area (TPSA) is 118 Å². The van der Waals surface area contributed by atoms with Crippen molar-refractivity contribution in [3.8, 4) is 5.75 Å². The maximum Gasteiger partial charge on any atom is 0.248 e. The molecule has 1 amide bonds. The molecule has 0 spiro atoms. The van der Waals surface area contributed by atoms with E-state index in [1.54, 1.807) is 16.2 Å². The van der Waals surface area contributed by atoms with Gasteiger partial charge in [-0.2, -0.15) is 5.10 Å². The molecular formula is C26H25N7O3S. The smallest absolute Gasteiger partial charge is 0.248 e. The van der Waals surface area contributed by atoms with Gasteiger partial charge in [-0.25, -0.2) is 15.0 Å². The Kier molecular flexibility index (Phi) is 6.37. The molecule has 1 aliphatic rings. The number of anilines is 2. The number of aromatic nitrogens is 5. The lowest BCUT2D eigenvalue weighted by Crippen LogP contribution is -2.40. The molecule has 6 rings (SSSR count). The van der Waals surface area contributed by atoms with Gasteiger partial charge in [-0.05, 0) is 43.2 Å². The van der Waals surface area contributed by atoms with Crippen LogP contribution in [0.1, 0.15) is 18.5 Å². The molecular weight excluding hydrogens is 490 g/mol. The second kappa shape index (κ2) is 10.1. The highest BCUT2D eigenvalue weighted by Gasteiger charge is 2.29. The van der Waals surface area contributed by atoms with Gasteiger partial charge in [0.2, 0.25) is 5.91 Å². The van der Waals surface area contributed by atoms with Crippen LogP contribution in [0.2, 0.25) is 0 Å². The van der Waals surface area contributed by atoms with Crippen molar-refractivity contribution in [3.05, 3.63) is 65.5 Å². The highest BCUT2D eigenvalue weighted by Crippen LogP contribution is 2.33. The molecule has 0 radical (unpaired) electrons. The molecule has 10 nitrogen and oxygen atoms in total. The van der Waals surface area contributed by atoms with Gasteiger partial charge in [0.05, 0.1) is 46.4 Å². The summed E-state index contributed by atoms with van der Waals surface area (Å²) in [6.45, 7) is 1.12. The Morgan fingerprint density at radius 3 is 3.03 bits per heavy atom. The third kappa shape index (κ3) is 4.70. The number of rotatable bonds is 8. The Balaban J connectivity index is 1.25. The van der Waals surface area contributed by atoms with Crippen molar-refractivity contribution < 1.29 is 14.6 Å². The van der Waals surface area contributed by atoms with Crippen LogP contribution in [-0.4, -0.2) is 66.4 Å². The first-order chi connectivity index (χ1) is 18.2. The Hall–Kier alpha value is -4.09. The third-order valence-electron chi connectivity index (χ3n) is 6.59. The van der Waals surface area contributed by atoms with Crippen LogP contribution in [0.3, 0.4) is 0 Å². The molecule has 2 aromatic carbocycles. The molecule has 3 aromatic heterocycles. The van der Waals surface area contributed by atoms with E-state index >= 15 is 0 Å². The number of hydrogen-bond acceptors (Lipinski definition) is 9. The van der Waals surface area contributed by atoms with E-state index in [2.05, 4.69) is 25.4 Å². The Morgan fingerprint density at radius 1 is 1.22 bits per heavy atom. The zero-order valence-electron chi connectivity index (χ0n) is 19.9. The molecule has 11 heteroatoms. The third-order valence-corrected chi connectivity index (χ3v) is 7.22. The van der Waals surface area contributed by atoms with E-state index in [9.17, 15) is 9.90 Å². The van der Waals surface area contributed by atoms with Crippen LogP contribution in [0.4, 0.5) is 11.5 Å². The summed E-state index contributed by atoms with van der Waals surface area (Å²) in [7, 11) is 0. The summed E-state index contributed by atoms with van der Waals surface area (Å²) in [5.74, 6) is 1.01. The number of amides is 1. The van der Waals surface area contributed by atoms with E-state index < -0.39 is 6.61 Å². The van der Waals surface area contributed by atoms with Gasteiger partial charge < -0.3 is 20.1 Å². The van der Waals surface area contributed by atoms with Gasteiger partial charge in [0.15, 0.2) is 0 Å². The quantitative estimate of drug-likeness (QED) is 0.322. The molecule has 0 bridgehead atoms. The van der Waals surface area contributed by atoms with Crippen LogP contribution >= 0.6 is 11.3 Å². The van der Waals surface area contributed by atoms with Gasteiger partial charge in [-0.1, -0.05) is 6.07 Å². The minimum atomic E-state index is -0.485. The van der Waals surface area contributed by atoms with Crippen molar-refractivity contribution in [1.82, 2.24) is 29.6 Å². The normalized spacial score (nSPS) is 15.5. The van der Waals surface area contributed by atoms with Gasteiger partial charge in [0, 0.05) is 23.0 Å². The number of aliphatic hydroxyl groups is 1. The molecule has 1 aliphatic heterocycles. The molecule has 0 unspecified atom stereocenters. The SMILES string of the molecule is O=C(CO)N1CCC[C@@H]1COc1cccc2ncnc(Nc3ccc4c(cnn4Cc4cscn4)c3)c12. The molecule has 1 saturated heterocycles. The number of hydrogen-bond donors (Lipinski definition) is 2. The largest absolute Gasteiger partial charge is 0.491 e. The average molecular weight is 516 g/mol. The lowest BCUT2D eigenvalue weighted by molar-refractivity contribution is -0.135. The molecule has 1 fully saturated rings. The highest BCUT2D eigenvalue weighted by atomic mass is 32.1. The minimum absolute atomic E-state index is 0.0702. The first-order valence-electron chi connectivity index (χ1n) is 12.1. The zero-order chi connectivity index (χ0) is 25.2. The summed E-state index contributed by atoms with van der Waals surface area (Å²) in [4.78, 5) is 27.0. The predicted octanol–water partition coefficient (Wildman–Crippen LogP) is 3.59. The van der Waals surface area contributed by atoms with Crippen molar-refractivity contribution in [2.24, 2.45) is 0 Å². The number of fused-ring (bicyclic) bond motifs is 2. The Labute approximate surface area is 216 Å². The zero-order valence-corrected chi connectivity index (χ0v) is 20.8. The van der Waals surface area contributed by atoms with Crippen molar-refractivity contribution in [1.29, 1.82) is 0 Å². The average Bonchev–Trinajstić information content (AvgIpc) is 3.69. The van der Waals surface area contributed by atoms with Crippen molar-refractivity contribution in [2.45, 2.75) is 25.4 Å². The maximum absolute atomic E-state index is 12.1. The summed E-state index contributed by atoms with van der Waals surface area (Å²) in [6, 6.07) is 11.7. The van der Waals surface area contributed by atoms with Crippen LogP contribution < -0.4 is 10.1 Å². The number of thiazole rings is 1. The number of benzene rings is 2. The van der Waals surface area contributed by atoms with Gasteiger partial charge in [-0.15, -0.1) is 11.3 Å². The summed E-state index contributed by atoms with van der Waals surface area (Å²) in [5.41, 5.74) is 5.45. The number of likely N-dealkylation sites (tertiary alicyclic amines) is 1. The standard InChI is InChI=1S/C26H25N7O3S/c34-12-24(35)32-8-2-3-20(32)13-36-23-5-1-4-21-25(23)26(28-15-27-21)31-18-6-7-22-17(9-18)10-30-33(22)11-19-14-37-16-29-19/h1,4-7,9-10,14-16,20,34H,2-3,8,11-13H2,(H,27,28,31)/t20-/m1/s1. The molecule has 4 heterocycles. The van der Waals surface area contributed by atoms with Crippen molar-refractivity contribution in [3.63, 3.8) is 0 Å². The lowest BCUT2D eigenvalue weighted by Gasteiger charge is -2.24. The fourth-order valence-electron chi connectivity index (χ4n) is 4.80. The summed E-state index contributed by atoms with van der Waals surface area (Å²) < 4.78 is 8.15. The fraction of sp³-hybridized carbons (Fsp3) is 0.269. The second-order valence-corrected chi connectivity index (χ2v) is 9.62. The van der Waals surface area contributed by atoms with Crippen LogP contribution in [0.15, 0.2) is 59.8 Å². The minimum Gasteiger partial charge on any atom is -0.491 e. The predicted molar refractivity (Wildman–Crippen MR) is 141 cm³/mol. The molecule has 0 saturated carbocycles. The number of aliphatic hydroxyl groups excluding tert-OH is 1. The van der Waals surface area contributed by atoms with Crippen LogP contribution in [-0.2, 0) is 11.3 Å². The van der Waals surface area contributed by atoms with Gasteiger partial charge in [0.25, 0.3) is 0 Å². The number of carbonyl (C=O) groups is 1. The first kappa shape index (κ1) is 23.3. The second-order valence-electron chi connectivity index (χ2n) is 8.91. The molecule has 188 valence electrons. The molecule has 1 atom stereocenters. The van der Waals surface area contributed by atoms with E-state index in [1.165, 1.54) is 6.33 Å². The van der Waals surface area contributed by atoms with Gasteiger partial charge in [-0.3, -0.25) is 9.48 Å². The van der Waals surface area contributed by atoms with Gasteiger partial charge in [0.1, 0.15) is 31.1 Å². The number of nitrogens with zero attached hydrogens (tertiary/aromatic N) is 6. The summed E-state index contributed by atoms with van der Waals surface area (Å²) >= 11 is 1.57. The van der Waals surface area contributed by atoms with Crippen LogP contribution in [0, 0.1) is 0 Å². The molecule has 0 aliphatic carbocycles. The summed E-state index contributed by atoms with van der Waals surface area (Å²) in [6.07, 6.45) is 5.11. The van der Waals surface area contributed by atoms with Crippen LogP contribution in [0.5, 0.6) is 5.75 Å². The van der Waals surface area contributed by atoms with E-state index in [-0.39, 0.29) is 11.9 Å². The molecule has 37 heavy (non-hydrogen) atoms. The number of nitrogens with one attached hydrogen (secondary N) is 1. The van der Waals surface area contributed by atoms with Crippen molar-refractivity contribution >= 4 is 50.6 Å². The van der Waals surface area contributed by atoms with E-state index in [0.29, 0.717) is 31.3 Å². The van der Waals surface area contributed by atoms with E-state index in [0.717, 1.165) is 46.0 Å². The van der Waals surface area contributed by atoms with E-state index in [1.807, 2.05) is 58.2 Å².